The Kier molecular flexibility index (Phi) is 7.46. The SMILES string of the molecule is COCCNC(=O)c1ccc(OC)c(Nc2ncc3c(n2)N(C2CCCC2)CCC(=O)N3C)c1. The van der Waals surface area contributed by atoms with Crippen LogP contribution in [0, 0.1) is 0 Å². The molecule has 0 spiro atoms. The number of amides is 2. The van der Waals surface area contributed by atoms with Gasteiger partial charge >= 0.3 is 0 Å². The summed E-state index contributed by atoms with van der Waals surface area (Å²) in [5.41, 5.74) is 1.76. The van der Waals surface area contributed by atoms with Gasteiger partial charge in [0.05, 0.1) is 25.6 Å². The molecule has 2 heterocycles. The first-order valence-corrected chi connectivity index (χ1v) is 11.6. The smallest absolute Gasteiger partial charge is 0.251 e. The second-order valence-electron chi connectivity index (χ2n) is 8.53. The maximum atomic E-state index is 12.6. The number of benzene rings is 1. The summed E-state index contributed by atoms with van der Waals surface area (Å²) in [7, 11) is 4.92. The van der Waals surface area contributed by atoms with Crippen molar-refractivity contribution in [1.82, 2.24) is 15.3 Å². The Morgan fingerprint density at radius 1 is 1.24 bits per heavy atom. The summed E-state index contributed by atoms with van der Waals surface area (Å²) in [5.74, 6) is 1.54. The molecule has 1 fully saturated rings. The first-order valence-electron chi connectivity index (χ1n) is 11.6. The lowest BCUT2D eigenvalue weighted by Crippen LogP contribution is -2.34. The molecule has 2 amide bonds. The van der Waals surface area contributed by atoms with E-state index in [-0.39, 0.29) is 11.8 Å². The zero-order valence-corrected chi connectivity index (χ0v) is 20.0. The Morgan fingerprint density at radius 3 is 2.76 bits per heavy atom. The quantitative estimate of drug-likeness (QED) is 0.570. The van der Waals surface area contributed by atoms with Crippen molar-refractivity contribution in [2.75, 3.05) is 56.1 Å². The highest BCUT2D eigenvalue weighted by Gasteiger charge is 2.31. The van der Waals surface area contributed by atoms with Gasteiger partial charge < -0.3 is 29.9 Å². The summed E-state index contributed by atoms with van der Waals surface area (Å²) < 4.78 is 10.5. The standard InChI is InChI=1S/C24H32N6O4/c1-29-19-15-26-24(28-22(19)30(12-10-21(29)31)17-6-4-5-7-17)27-18-14-16(8-9-20(18)34-3)23(32)25-11-13-33-2/h8-9,14-15,17H,4-7,10-13H2,1-3H3,(H,25,32)(H,26,27,28). The number of carbonyl (C=O) groups is 2. The lowest BCUT2D eigenvalue weighted by molar-refractivity contribution is -0.118. The molecular weight excluding hydrogens is 436 g/mol. The van der Waals surface area contributed by atoms with E-state index in [2.05, 4.69) is 20.5 Å². The molecule has 10 heteroatoms. The molecule has 0 saturated heterocycles. The molecule has 4 rings (SSSR count). The van der Waals surface area contributed by atoms with Gasteiger partial charge in [-0.2, -0.15) is 4.98 Å². The van der Waals surface area contributed by atoms with Gasteiger partial charge in [0.1, 0.15) is 11.4 Å². The van der Waals surface area contributed by atoms with Crippen LogP contribution in [0.3, 0.4) is 0 Å². The van der Waals surface area contributed by atoms with Crippen molar-refractivity contribution in [1.29, 1.82) is 0 Å². The molecule has 1 aromatic heterocycles. The molecule has 34 heavy (non-hydrogen) atoms. The summed E-state index contributed by atoms with van der Waals surface area (Å²) in [5, 5.41) is 6.03. The number of ether oxygens (including phenoxy) is 2. The maximum absolute atomic E-state index is 12.6. The Labute approximate surface area is 199 Å². The van der Waals surface area contributed by atoms with E-state index in [9.17, 15) is 9.59 Å². The normalized spacial score (nSPS) is 16.3. The highest BCUT2D eigenvalue weighted by Crippen LogP contribution is 2.36. The van der Waals surface area contributed by atoms with Gasteiger partial charge in [0, 0.05) is 45.3 Å². The predicted octanol–water partition coefficient (Wildman–Crippen LogP) is 2.72. The van der Waals surface area contributed by atoms with Crippen LogP contribution in [0.4, 0.5) is 23.1 Å². The third-order valence-corrected chi connectivity index (χ3v) is 6.39. The second-order valence-corrected chi connectivity index (χ2v) is 8.53. The van der Waals surface area contributed by atoms with E-state index in [4.69, 9.17) is 14.5 Å². The van der Waals surface area contributed by atoms with E-state index >= 15 is 0 Å². The second kappa shape index (κ2) is 10.7. The molecule has 2 N–H and O–H groups in total. The zero-order chi connectivity index (χ0) is 24.1. The van der Waals surface area contributed by atoms with Crippen LogP contribution in [0.15, 0.2) is 24.4 Å². The number of hydrogen-bond donors (Lipinski definition) is 2. The van der Waals surface area contributed by atoms with Crippen LogP contribution in [0.1, 0.15) is 42.5 Å². The van der Waals surface area contributed by atoms with Gasteiger partial charge in [-0.15, -0.1) is 0 Å². The van der Waals surface area contributed by atoms with Gasteiger partial charge in [0.25, 0.3) is 5.91 Å². The fraction of sp³-hybridized carbons (Fsp3) is 0.500. The Bertz CT molecular complexity index is 1040. The molecule has 0 unspecified atom stereocenters. The summed E-state index contributed by atoms with van der Waals surface area (Å²) in [6.45, 7) is 1.49. The zero-order valence-electron chi connectivity index (χ0n) is 20.0. The van der Waals surface area contributed by atoms with Crippen LogP contribution < -0.4 is 25.2 Å². The van der Waals surface area contributed by atoms with Crippen molar-refractivity contribution in [2.45, 2.75) is 38.1 Å². The van der Waals surface area contributed by atoms with Crippen molar-refractivity contribution < 1.29 is 19.1 Å². The number of carbonyl (C=O) groups excluding carboxylic acids is 2. The first kappa shape index (κ1) is 23.7. The van der Waals surface area contributed by atoms with E-state index < -0.39 is 0 Å². The summed E-state index contributed by atoms with van der Waals surface area (Å²) in [6, 6.07) is 5.51. The van der Waals surface area contributed by atoms with Gasteiger partial charge in [-0.05, 0) is 31.0 Å². The number of methoxy groups -OCH3 is 2. The van der Waals surface area contributed by atoms with E-state index in [1.54, 1.807) is 50.6 Å². The third kappa shape index (κ3) is 5.06. The molecule has 10 nitrogen and oxygen atoms in total. The Hall–Kier alpha value is -3.40. The topological polar surface area (TPSA) is 109 Å². The minimum Gasteiger partial charge on any atom is -0.495 e. The van der Waals surface area contributed by atoms with Crippen LogP contribution >= 0.6 is 0 Å². The fourth-order valence-electron chi connectivity index (χ4n) is 4.51. The predicted molar refractivity (Wildman–Crippen MR) is 130 cm³/mol. The molecule has 0 atom stereocenters. The van der Waals surface area contributed by atoms with Crippen molar-refractivity contribution in [3.8, 4) is 5.75 Å². The van der Waals surface area contributed by atoms with E-state index in [1.807, 2.05) is 0 Å². The number of fused-ring (bicyclic) bond motifs is 1. The molecule has 1 aliphatic carbocycles. The minimum absolute atomic E-state index is 0.0555. The Morgan fingerprint density at radius 2 is 2.03 bits per heavy atom. The van der Waals surface area contributed by atoms with Gasteiger partial charge in [-0.1, -0.05) is 12.8 Å². The molecule has 182 valence electrons. The number of nitrogens with one attached hydrogen (secondary N) is 2. The lowest BCUT2D eigenvalue weighted by Gasteiger charge is -2.30. The van der Waals surface area contributed by atoms with Crippen LogP contribution in [0.5, 0.6) is 5.75 Å². The number of nitrogens with zero attached hydrogens (tertiary/aromatic N) is 4. The minimum atomic E-state index is -0.210. The van der Waals surface area contributed by atoms with Crippen molar-refractivity contribution in [2.24, 2.45) is 0 Å². The summed E-state index contributed by atoms with van der Waals surface area (Å²) >= 11 is 0. The summed E-state index contributed by atoms with van der Waals surface area (Å²) in [4.78, 5) is 38.3. The van der Waals surface area contributed by atoms with Gasteiger partial charge in [-0.25, -0.2) is 4.98 Å². The molecule has 1 aromatic carbocycles. The number of rotatable bonds is 8. The van der Waals surface area contributed by atoms with E-state index in [0.29, 0.717) is 60.8 Å². The van der Waals surface area contributed by atoms with Crippen LogP contribution in [-0.2, 0) is 9.53 Å². The lowest BCUT2D eigenvalue weighted by atomic mass is 10.1. The highest BCUT2D eigenvalue weighted by molar-refractivity contribution is 5.97. The number of anilines is 4. The average Bonchev–Trinajstić information content (AvgIpc) is 3.35. The Balaban J connectivity index is 1.64. The fourth-order valence-corrected chi connectivity index (χ4v) is 4.51. The van der Waals surface area contributed by atoms with Crippen molar-refractivity contribution >= 4 is 35.0 Å². The molecule has 1 aliphatic heterocycles. The molecule has 0 radical (unpaired) electrons. The largest absolute Gasteiger partial charge is 0.495 e. The molecule has 2 aliphatic rings. The average molecular weight is 469 g/mol. The van der Waals surface area contributed by atoms with Gasteiger partial charge in [-0.3, -0.25) is 9.59 Å². The number of aromatic nitrogens is 2. The maximum Gasteiger partial charge on any atom is 0.251 e. The summed E-state index contributed by atoms with van der Waals surface area (Å²) in [6.07, 6.45) is 6.69. The highest BCUT2D eigenvalue weighted by atomic mass is 16.5. The van der Waals surface area contributed by atoms with Crippen LogP contribution in [-0.4, -0.2) is 68.8 Å². The molecule has 2 aromatic rings. The van der Waals surface area contributed by atoms with Crippen LogP contribution in [0.2, 0.25) is 0 Å². The van der Waals surface area contributed by atoms with Gasteiger partial charge in [0.2, 0.25) is 11.9 Å². The van der Waals surface area contributed by atoms with Crippen molar-refractivity contribution in [3.05, 3.63) is 30.0 Å². The van der Waals surface area contributed by atoms with Crippen LogP contribution in [0.25, 0.3) is 0 Å². The van der Waals surface area contributed by atoms with E-state index in [0.717, 1.165) is 18.7 Å². The van der Waals surface area contributed by atoms with Crippen molar-refractivity contribution in [3.63, 3.8) is 0 Å². The monoisotopic (exact) mass is 468 g/mol. The number of hydrogen-bond acceptors (Lipinski definition) is 8. The molecule has 1 saturated carbocycles. The first-order chi connectivity index (χ1) is 16.5. The van der Waals surface area contributed by atoms with E-state index in [1.165, 1.54) is 12.8 Å². The molecule has 0 bridgehead atoms. The molecular formula is C24H32N6O4. The van der Waals surface area contributed by atoms with Gasteiger partial charge in [0.15, 0.2) is 5.82 Å². The third-order valence-electron chi connectivity index (χ3n) is 6.39.